The molecule has 0 spiro atoms. The predicted octanol–water partition coefficient (Wildman–Crippen LogP) is 5.52. The Morgan fingerprint density at radius 1 is 1.00 bits per heavy atom. The van der Waals surface area contributed by atoms with E-state index in [9.17, 15) is 0 Å². The highest BCUT2D eigenvalue weighted by atomic mass is 17.1. The van der Waals surface area contributed by atoms with E-state index < -0.39 is 0 Å². The summed E-state index contributed by atoms with van der Waals surface area (Å²) in [7, 11) is 0. The van der Waals surface area contributed by atoms with Crippen molar-refractivity contribution < 1.29 is 10.1 Å². The van der Waals surface area contributed by atoms with Crippen molar-refractivity contribution >= 4 is 0 Å². The third-order valence-corrected chi connectivity index (χ3v) is 5.35. The molecule has 18 heavy (non-hydrogen) atoms. The van der Waals surface area contributed by atoms with Gasteiger partial charge in [-0.1, -0.05) is 60.3 Å². The van der Waals surface area contributed by atoms with Gasteiger partial charge in [-0.3, -0.25) is 5.26 Å². The second kappa shape index (κ2) is 8.92. The van der Waals surface area contributed by atoms with Gasteiger partial charge >= 0.3 is 0 Å². The van der Waals surface area contributed by atoms with E-state index in [2.05, 4.69) is 39.5 Å². The van der Waals surface area contributed by atoms with Crippen molar-refractivity contribution in [3.8, 4) is 0 Å². The van der Waals surface area contributed by atoms with Crippen LogP contribution in [0.5, 0.6) is 0 Å². The highest BCUT2D eigenvalue weighted by molar-refractivity contribution is 4.86. The molecule has 1 unspecified atom stereocenters. The highest BCUT2D eigenvalue weighted by Crippen LogP contribution is 2.41. The summed E-state index contributed by atoms with van der Waals surface area (Å²) in [6.45, 7) is 13.3. The first-order valence-corrected chi connectivity index (χ1v) is 7.80. The molecule has 0 aliphatic carbocycles. The van der Waals surface area contributed by atoms with Crippen LogP contribution < -0.4 is 0 Å². The van der Waals surface area contributed by atoms with E-state index in [0.717, 1.165) is 18.8 Å². The van der Waals surface area contributed by atoms with Crippen LogP contribution in [-0.4, -0.2) is 11.4 Å². The largest absolute Gasteiger partial charge is 0.252 e. The zero-order chi connectivity index (χ0) is 14.2. The van der Waals surface area contributed by atoms with Crippen LogP contribution in [0, 0.1) is 17.3 Å². The van der Waals surface area contributed by atoms with Crippen molar-refractivity contribution in [1.82, 2.24) is 0 Å². The molecule has 0 aromatic rings. The molecule has 0 aliphatic rings. The van der Waals surface area contributed by atoms with E-state index in [1.165, 1.54) is 25.7 Å². The summed E-state index contributed by atoms with van der Waals surface area (Å²) in [5.41, 5.74) is 0.0789. The molecule has 1 N–H and O–H groups in total. The van der Waals surface area contributed by atoms with Gasteiger partial charge in [0.15, 0.2) is 0 Å². The number of hydrogen-bond acceptors (Lipinski definition) is 2. The van der Waals surface area contributed by atoms with Crippen LogP contribution in [0.1, 0.15) is 80.1 Å². The second-order valence-corrected chi connectivity index (χ2v) is 5.97. The second-order valence-electron chi connectivity index (χ2n) is 5.97. The predicted molar refractivity (Wildman–Crippen MR) is 78.7 cm³/mol. The molecule has 0 heterocycles. The Morgan fingerprint density at radius 3 is 1.89 bits per heavy atom. The molecule has 0 aliphatic heterocycles. The Balaban J connectivity index is 4.62. The third kappa shape index (κ3) is 4.55. The van der Waals surface area contributed by atoms with E-state index in [-0.39, 0.29) is 11.5 Å². The molecule has 0 fully saturated rings. The van der Waals surface area contributed by atoms with Crippen LogP contribution in [0.4, 0.5) is 0 Å². The average molecular weight is 258 g/mol. The van der Waals surface area contributed by atoms with Crippen LogP contribution in [0.3, 0.4) is 0 Å². The minimum Gasteiger partial charge on any atom is -0.252 e. The van der Waals surface area contributed by atoms with Crippen LogP contribution in [-0.2, 0) is 4.89 Å². The topological polar surface area (TPSA) is 29.5 Å². The molecule has 0 aromatic heterocycles. The van der Waals surface area contributed by atoms with Crippen molar-refractivity contribution in [2.24, 2.45) is 17.3 Å². The Hall–Kier alpha value is -0.0800. The minimum absolute atomic E-state index is 0.0789. The van der Waals surface area contributed by atoms with Gasteiger partial charge in [0.1, 0.15) is 0 Å². The van der Waals surface area contributed by atoms with Crippen LogP contribution in [0.25, 0.3) is 0 Å². The fourth-order valence-corrected chi connectivity index (χ4v) is 3.16. The maximum absolute atomic E-state index is 9.02. The minimum atomic E-state index is -0.0887. The lowest BCUT2D eigenvalue weighted by molar-refractivity contribution is -0.304. The van der Waals surface area contributed by atoms with Crippen molar-refractivity contribution in [1.29, 1.82) is 0 Å². The lowest BCUT2D eigenvalue weighted by Gasteiger charge is -2.40. The molecular weight excluding hydrogens is 224 g/mol. The maximum atomic E-state index is 9.02. The van der Waals surface area contributed by atoms with Crippen molar-refractivity contribution in [3.05, 3.63) is 0 Å². The van der Waals surface area contributed by atoms with Gasteiger partial charge in [-0.15, -0.1) is 0 Å². The van der Waals surface area contributed by atoms with E-state index in [4.69, 9.17) is 5.26 Å². The molecule has 110 valence electrons. The summed E-state index contributed by atoms with van der Waals surface area (Å²) in [5.74, 6) is 1.48. The first-order valence-electron chi connectivity index (χ1n) is 7.80. The number of rotatable bonds is 10. The highest BCUT2D eigenvalue weighted by Gasteiger charge is 2.37. The summed E-state index contributed by atoms with van der Waals surface area (Å²) in [4.78, 5) is 4.65. The first-order chi connectivity index (χ1) is 8.49. The molecular formula is C16H34O2. The summed E-state index contributed by atoms with van der Waals surface area (Å²) in [6.07, 6.45) is 7.24. The third-order valence-electron chi connectivity index (χ3n) is 5.35. The van der Waals surface area contributed by atoms with E-state index in [1.807, 2.05) is 6.92 Å². The SMILES string of the molecule is CCC(CC)CC[C@H](CC)C(C)(CC)[C@@H](C)OO. The summed E-state index contributed by atoms with van der Waals surface area (Å²) in [6, 6.07) is 0. The lowest BCUT2D eigenvalue weighted by Crippen LogP contribution is -2.38. The van der Waals surface area contributed by atoms with Gasteiger partial charge in [-0.25, -0.2) is 4.89 Å². The van der Waals surface area contributed by atoms with Crippen LogP contribution in [0.15, 0.2) is 0 Å². The van der Waals surface area contributed by atoms with Gasteiger partial charge in [0.2, 0.25) is 0 Å². The van der Waals surface area contributed by atoms with E-state index >= 15 is 0 Å². The summed E-state index contributed by atoms with van der Waals surface area (Å²) < 4.78 is 0. The fraction of sp³-hybridized carbons (Fsp3) is 1.00. The normalized spacial score (nSPS) is 18.7. The molecule has 0 aromatic carbocycles. The molecule has 0 radical (unpaired) electrons. The fourth-order valence-electron chi connectivity index (χ4n) is 3.16. The van der Waals surface area contributed by atoms with Crippen molar-refractivity contribution in [2.75, 3.05) is 0 Å². The molecule has 0 bridgehead atoms. The molecule has 0 rings (SSSR count). The van der Waals surface area contributed by atoms with E-state index in [0.29, 0.717) is 5.92 Å². The maximum Gasteiger partial charge on any atom is 0.0955 e. The number of hydrogen-bond donors (Lipinski definition) is 1. The van der Waals surface area contributed by atoms with Gasteiger partial charge in [0, 0.05) is 0 Å². The van der Waals surface area contributed by atoms with Gasteiger partial charge in [-0.2, -0.15) is 0 Å². The van der Waals surface area contributed by atoms with E-state index in [1.54, 1.807) is 0 Å². The molecule has 2 nitrogen and oxygen atoms in total. The van der Waals surface area contributed by atoms with Gasteiger partial charge in [0.25, 0.3) is 0 Å². The molecule has 0 saturated carbocycles. The van der Waals surface area contributed by atoms with Crippen LogP contribution >= 0.6 is 0 Å². The Labute approximate surface area is 114 Å². The molecule has 0 amide bonds. The van der Waals surface area contributed by atoms with Crippen molar-refractivity contribution in [3.63, 3.8) is 0 Å². The quantitative estimate of drug-likeness (QED) is 0.413. The van der Waals surface area contributed by atoms with Gasteiger partial charge in [-0.05, 0) is 37.0 Å². The first kappa shape index (κ1) is 17.9. The Bertz CT molecular complexity index is 201. The monoisotopic (exact) mass is 258 g/mol. The Morgan fingerprint density at radius 2 is 1.56 bits per heavy atom. The standard InChI is InChI=1S/C16H34O2/c1-7-14(8-2)11-12-15(9-3)16(6,10-4)13(5)18-17/h13-15,17H,7-12H2,1-6H3/t13-,15+,16?/m1/s1. The zero-order valence-electron chi connectivity index (χ0n) is 13.3. The molecule has 0 saturated heterocycles. The zero-order valence-corrected chi connectivity index (χ0v) is 13.3. The Kier molecular flexibility index (Phi) is 8.89. The lowest BCUT2D eigenvalue weighted by atomic mass is 9.67. The van der Waals surface area contributed by atoms with Crippen molar-refractivity contribution in [2.45, 2.75) is 86.2 Å². The van der Waals surface area contributed by atoms with Crippen LogP contribution in [0.2, 0.25) is 0 Å². The van der Waals surface area contributed by atoms with Gasteiger partial charge < -0.3 is 0 Å². The molecule has 3 atom stereocenters. The smallest absolute Gasteiger partial charge is 0.0955 e. The van der Waals surface area contributed by atoms with Gasteiger partial charge in [0.05, 0.1) is 6.10 Å². The average Bonchev–Trinajstić information content (AvgIpc) is 2.42. The summed E-state index contributed by atoms with van der Waals surface area (Å²) >= 11 is 0. The molecule has 2 heteroatoms. The summed E-state index contributed by atoms with van der Waals surface area (Å²) in [5, 5.41) is 9.02.